The molecule has 1 rings (SSSR count). The summed E-state index contributed by atoms with van der Waals surface area (Å²) in [5, 5.41) is 0. The van der Waals surface area contributed by atoms with E-state index in [1.807, 2.05) is 12.1 Å². The van der Waals surface area contributed by atoms with Crippen molar-refractivity contribution in [1.82, 2.24) is 0 Å². The van der Waals surface area contributed by atoms with E-state index in [1.165, 1.54) is 0 Å². The first-order valence-electron chi connectivity index (χ1n) is 7.41. The number of methoxy groups -OCH3 is 2. The third kappa shape index (κ3) is 3.82. The molecular formula is C13H20O2. The van der Waals surface area contributed by atoms with Gasteiger partial charge in [0, 0.05) is 12.9 Å². The predicted molar refractivity (Wildman–Crippen MR) is 62.8 cm³/mol. The summed E-state index contributed by atoms with van der Waals surface area (Å²) in [6.07, 6.45) is -1.15. The summed E-state index contributed by atoms with van der Waals surface area (Å²) in [5.41, 5.74) is 0.933. The van der Waals surface area contributed by atoms with Crippen molar-refractivity contribution in [2.45, 2.75) is 32.5 Å². The van der Waals surface area contributed by atoms with E-state index in [2.05, 4.69) is 0 Å². The minimum absolute atomic E-state index is 0.0109. The van der Waals surface area contributed by atoms with Gasteiger partial charge in [-0.2, -0.15) is 0 Å². The molecule has 1 aromatic rings. The normalized spacial score (nSPS) is 16.8. The van der Waals surface area contributed by atoms with Gasteiger partial charge in [-0.15, -0.1) is 0 Å². The Morgan fingerprint density at radius 1 is 1.13 bits per heavy atom. The number of benzene rings is 1. The van der Waals surface area contributed by atoms with E-state index in [0.717, 1.165) is 5.56 Å². The monoisotopic (exact) mass is 213 g/mol. The second-order valence-corrected chi connectivity index (χ2v) is 3.25. The van der Waals surface area contributed by atoms with Gasteiger partial charge in [-0.3, -0.25) is 0 Å². The summed E-state index contributed by atoms with van der Waals surface area (Å²) in [4.78, 5) is 0. The Bertz CT molecular complexity index is 421. The Balaban J connectivity index is 2.66. The van der Waals surface area contributed by atoms with Gasteiger partial charge >= 0.3 is 0 Å². The van der Waals surface area contributed by atoms with E-state index in [-0.39, 0.29) is 6.42 Å². The van der Waals surface area contributed by atoms with E-state index < -0.39 is 13.2 Å². The summed E-state index contributed by atoms with van der Waals surface area (Å²) in [5.74, 6) is 1.33. The van der Waals surface area contributed by atoms with Gasteiger partial charge in [-0.25, -0.2) is 0 Å². The molecule has 0 unspecified atom stereocenters. The molecule has 0 atom stereocenters. The molecule has 0 aromatic heterocycles. The molecular weight excluding hydrogens is 188 g/mol. The molecule has 0 aliphatic heterocycles. The van der Waals surface area contributed by atoms with Crippen LogP contribution in [0.2, 0.25) is 0 Å². The van der Waals surface area contributed by atoms with Crippen LogP contribution in [0.3, 0.4) is 0 Å². The van der Waals surface area contributed by atoms with Crippen LogP contribution in [-0.2, 0) is 6.42 Å². The molecule has 0 saturated heterocycles. The molecule has 2 heteroatoms. The van der Waals surface area contributed by atoms with E-state index in [9.17, 15) is 0 Å². The highest BCUT2D eigenvalue weighted by Gasteiger charge is 2.01. The summed E-state index contributed by atoms with van der Waals surface area (Å²) in [7, 11) is 3.12. The van der Waals surface area contributed by atoms with Gasteiger partial charge in [0.2, 0.25) is 0 Å². The van der Waals surface area contributed by atoms with Crippen molar-refractivity contribution in [2.24, 2.45) is 0 Å². The molecule has 0 spiro atoms. The predicted octanol–water partition coefficient (Wildman–Crippen LogP) is 3.44. The van der Waals surface area contributed by atoms with Crippen molar-refractivity contribution in [3.05, 3.63) is 23.8 Å². The zero-order valence-electron chi connectivity index (χ0n) is 14.2. The van der Waals surface area contributed by atoms with Crippen molar-refractivity contribution < 1.29 is 16.3 Å². The van der Waals surface area contributed by atoms with Gasteiger partial charge < -0.3 is 9.47 Å². The lowest BCUT2D eigenvalue weighted by Crippen LogP contribution is -1.91. The Labute approximate surface area is 99.2 Å². The maximum atomic E-state index is 7.56. The van der Waals surface area contributed by atoms with Crippen LogP contribution in [0.15, 0.2) is 18.2 Å². The van der Waals surface area contributed by atoms with Crippen LogP contribution >= 0.6 is 0 Å². The Hall–Kier alpha value is -1.18. The van der Waals surface area contributed by atoms with Crippen molar-refractivity contribution in [3.63, 3.8) is 0 Å². The zero-order valence-corrected chi connectivity index (χ0v) is 9.17. The quantitative estimate of drug-likeness (QED) is 0.720. The molecule has 0 aliphatic rings. The standard InChI is InChI=1S/C13H20O2/c1-4-5-6-7-11-8-12(14-2)10-13(9-11)15-3/h8-10H,4-7H2,1-3H3/i1D3,4D2. The topological polar surface area (TPSA) is 18.5 Å². The van der Waals surface area contributed by atoms with Crippen LogP contribution in [0.25, 0.3) is 0 Å². The largest absolute Gasteiger partial charge is 0.497 e. The molecule has 0 N–H and O–H groups in total. The van der Waals surface area contributed by atoms with E-state index in [1.54, 1.807) is 20.3 Å². The molecule has 0 radical (unpaired) electrons. The molecule has 0 bridgehead atoms. The van der Waals surface area contributed by atoms with Crippen LogP contribution in [0.1, 0.15) is 38.5 Å². The van der Waals surface area contributed by atoms with Gasteiger partial charge in [-0.05, 0) is 30.5 Å². The lowest BCUT2D eigenvalue weighted by Gasteiger charge is -2.08. The van der Waals surface area contributed by atoms with Gasteiger partial charge in [0.05, 0.1) is 14.2 Å². The zero-order chi connectivity index (χ0) is 15.4. The lowest BCUT2D eigenvalue weighted by molar-refractivity contribution is 0.393. The average molecular weight is 213 g/mol. The van der Waals surface area contributed by atoms with Gasteiger partial charge in [0.25, 0.3) is 0 Å². The number of hydrogen-bond donors (Lipinski definition) is 0. The molecule has 2 nitrogen and oxygen atoms in total. The fraction of sp³-hybridized carbons (Fsp3) is 0.538. The van der Waals surface area contributed by atoms with Gasteiger partial charge in [-0.1, -0.05) is 19.6 Å². The minimum atomic E-state index is -2.58. The Morgan fingerprint density at radius 3 is 2.33 bits per heavy atom. The number of aryl methyl sites for hydroxylation is 1. The summed E-state index contributed by atoms with van der Waals surface area (Å²) >= 11 is 0. The molecule has 0 amide bonds. The van der Waals surface area contributed by atoms with Crippen molar-refractivity contribution in [3.8, 4) is 11.5 Å². The van der Waals surface area contributed by atoms with Gasteiger partial charge in [0.15, 0.2) is 0 Å². The van der Waals surface area contributed by atoms with Crippen LogP contribution in [0.5, 0.6) is 11.5 Å². The first-order chi connectivity index (χ1) is 9.19. The van der Waals surface area contributed by atoms with Crippen molar-refractivity contribution in [2.75, 3.05) is 14.2 Å². The number of ether oxygens (including phenoxy) is 2. The Kier molecular flexibility index (Phi) is 2.71. The van der Waals surface area contributed by atoms with Gasteiger partial charge in [0.1, 0.15) is 11.5 Å². The fourth-order valence-corrected chi connectivity index (χ4v) is 1.39. The van der Waals surface area contributed by atoms with Crippen molar-refractivity contribution >= 4 is 0 Å². The lowest BCUT2D eigenvalue weighted by atomic mass is 10.1. The molecule has 84 valence electrons. The van der Waals surface area contributed by atoms with Crippen molar-refractivity contribution in [1.29, 1.82) is 0 Å². The molecule has 1 aromatic carbocycles. The number of hydrogen-bond acceptors (Lipinski definition) is 2. The molecule has 0 heterocycles. The summed E-state index contributed by atoms with van der Waals surface area (Å²) in [6.45, 7) is -2.58. The fourth-order valence-electron chi connectivity index (χ4n) is 1.39. The maximum Gasteiger partial charge on any atom is 0.122 e. The summed E-state index contributed by atoms with van der Waals surface area (Å²) in [6, 6.07) is 5.44. The molecule has 0 saturated carbocycles. The van der Waals surface area contributed by atoms with Crippen LogP contribution in [-0.4, -0.2) is 14.2 Å². The first-order valence-corrected chi connectivity index (χ1v) is 4.91. The smallest absolute Gasteiger partial charge is 0.122 e. The third-order valence-corrected chi connectivity index (χ3v) is 2.18. The highest BCUT2D eigenvalue weighted by atomic mass is 16.5. The summed E-state index contributed by atoms with van der Waals surface area (Å²) < 4.78 is 46.9. The Morgan fingerprint density at radius 2 is 1.80 bits per heavy atom. The van der Waals surface area contributed by atoms with E-state index in [4.69, 9.17) is 16.3 Å². The highest BCUT2D eigenvalue weighted by molar-refractivity contribution is 5.38. The molecule has 0 fully saturated rings. The maximum absolute atomic E-state index is 7.56. The highest BCUT2D eigenvalue weighted by Crippen LogP contribution is 2.23. The molecule has 15 heavy (non-hydrogen) atoms. The second-order valence-electron chi connectivity index (χ2n) is 3.25. The SMILES string of the molecule is [2H]C([2H])([2H])C([2H])([2H])CCCc1cc(OC)cc(OC)c1. The van der Waals surface area contributed by atoms with Crippen LogP contribution in [0, 0.1) is 0 Å². The third-order valence-electron chi connectivity index (χ3n) is 2.18. The van der Waals surface area contributed by atoms with Crippen LogP contribution < -0.4 is 9.47 Å². The minimum Gasteiger partial charge on any atom is -0.497 e. The second kappa shape index (κ2) is 6.33. The first kappa shape index (κ1) is 6.41. The number of rotatable bonds is 6. The van der Waals surface area contributed by atoms with E-state index >= 15 is 0 Å². The van der Waals surface area contributed by atoms with Crippen LogP contribution in [0.4, 0.5) is 0 Å². The average Bonchev–Trinajstić information content (AvgIpc) is 2.36. The van der Waals surface area contributed by atoms with E-state index in [0.29, 0.717) is 24.3 Å². The molecule has 0 aliphatic carbocycles.